The maximum Gasteiger partial charge on any atom is 0.433 e. The summed E-state index contributed by atoms with van der Waals surface area (Å²) in [6, 6.07) is 1.68. The zero-order valence-corrected chi connectivity index (χ0v) is 25.7. The zero-order valence-electron chi connectivity index (χ0n) is 23.4. The predicted octanol–water partition coefficient (Wildman–Crippen LogP) is 3.39. The normalized spacial score (nSPS) is 17.6. The first-order chi connectivity index (χ1) is 21.2. The van der Waals surface area contributed by atoms with Gasteiger partial charge in [-0.3, -0.25) is 14.4 Å². The molecule has 2 N–H and O–H groups in total. The topological polar surface area (TPSA) is 170 Å². The van der Waals surface area contributed by atoms with E-state index in [0.717, 1.165) is 10.6 Å². The van der Waals surface area contributed by atoms with Crippen LogP contribution in [0.4, 0.5) is 18.9 Å². The molecule has 236 valence electrons. The van der Waals surface area contributed by atoms with Gasteiger partial charge in [0.1, 0.15) is 24.2 Å². The van der Waals surface area contributed by atoms with Crippen LogP contribution in [0.3, 0.4) is 0 Å². The number of hydrogen-bond donors (Lipinski definition) is 2. The van der Waals surface area contributed by atoms with Gasteiger partial charge in [0.2, 0.25) is 16.4 Å². The number of likely N-dealkylation sites (tertiary alicyclic amines) is 1. The van der Waals surface area contributed by atoms with Crippen molar-refractivity contribution in [3.63, 3.8) is 0 Å². The summed E-state index contributed by atoms with van der Waals surface area (Å²) in [4.78, 5) is 57.1. The van der Waals surface area contributed by atoms with E-state index in [9.17, 15) is 32.7 Å². The molecule has 45 heavy (non-hydrogen) atoms. The predicted molar refractivity (Wildman–Crippen MR) is 153 cm³/mol. The third-order valence-corrected chi connectivity index (χ3v) is 8.41. The number of ether oxygens (including phenoxy) is 1. The molecule has 0 aliphatic carbocycles. The molecule has 2 aliphatic heterocycles. The molecule has 1 fully saturated rings. The molecule has 0 saturated carbocycles. The lowest BCUT2D eigenvalue weighted by molar-refractivity contribution is -0.141. The molecule has 1 saturated heterocycles. The van der Waals surface area contributed by atoms with Gasteiger partial charge in [-0.05, 0) is 54.8 Å². The minimum absolute atomic E-state index is 0.0205. The highest BCUT2D eigenvalue weighted by atomic mass is 79.9. The Balaban J connectivity index is 1.32. The van der Waals surface area contributed by atoms with Crippen molar-refractivity contribution in [1.82, 2.24) is 39.0 Å². The number of hydrogen-bond acceptors (Lipinski definition) is 10. The number of rotatable bonds is 4. The van der Waals surface area contributed by atoms with Crippen LogP contribution in [0.1, 0.15) is 59.0 Å². The number of nitrogens with zero attached hydrogens (tertiary/aromatic N) is 8. The monoisotopic (exact) mass is 711 g/mol. The minimum atomic E-state index is -4.72. The van der Waals surface area contributed by atoms with Gasteiger partial charge in [-0.2, -0.15) is 22.7 Å². The van der Waals surface area contributed by atoms with Gasteiger partial charge in [0.15, 0.2) is 16.6 Å². The smallest absolute Gasteiger partial charge is 0.433 e. The number of aryl methyl sites for hydroxylation is 1. The first-order valence-electron chi connectivity index (χ1n) is 13.4. The van der Waals surface area contributed by atoms with E-state index >= 15 is 0 Å². The van der Waals surface area contributed by atoms with Gasteiger partial charge >= 0.3 is 6.18 Å². The second kappa shape index (κ2) is 11.0. The second-order valence-electron chi connectivity index (χ2n) is 10.5. The molecule has 14 nitrogen and oxygen atoms in total. The SMILES string of the molecule is Cc1ncnc(C(=O)N2CCC3(CC2)O[C@H](C)c2c3c(=O)n3nc(Br)nc3n2CC(=O)Nc2ccc(C(F)(F)F)nc2Cl)c1O. The van der Waals surface area contributed by atoms with Gasteiger partial charge in [-0.1, -0.05) is 11.6 Å². The Morgan fingerprint density at radius 1 is 1.22 bits per heavy atom. The van der Waals surface area contributed by atoms with Crippen molar-refractivity contribution in [3.8, 4) is 5.75 Å². The van der Waals surface area contributed by atoms with Gasteiger partial charge in [-0.25, -0.2) is 15.0 Å². The Labute approximate surface area is 264 Å². The lowest BCUT2D eigenvalue weighted by Crippen LogP contribution is -2.47. The average Bonchev–Trinajstić information content (AvgIpc) is 3.50. The molecule has 0 radical (unpaired) electrons. The molecule has 19 heteroatoms. The Bertz CT molecular complexity index is 1940. The van der Waals surface area contributed by atoms with Crippen LogP contribution in [0.15, 0.2) is 28.0 Å². The van der Waals surface area contributed by atoms with Crippen molar-refractivity contribution in [1.29, 1.82) is 0 Å². The number of carbonyl (C=O) groups excluding carboxylic acids is 2. The quantitative estimate of drug-likeness (QED) is 0.299. The van der Waals surface area contributed by atoms with E-state index in [2.05, 4.69) is 46.3 Å². The molecule has 1 atom stereocenters. The summed E-state index contributed by atoms with van der Waals surface area (Å²) in [5.74, 6) is -1.49. The molecule has 2 amide bonds. The highest BCUT2D eigenvalue weighted by Gasteiger charge is 2.50. The van der Waals surface area contributed by atoms with E-state index in [0.29, 0.717) is 11.8 Å². The number of nitrogens with one attached hydrogen (secondary N) is 1. The molecule has 0 aromatic carbocycles. The minimum Gasteiger partial charge on any atom is -0.504 e. The van der Waals surface area contributed by atoms with Gasteiger partial charge in [0.05, 0.1) is 28.7 Å². The molecular formula is C26H22BrClF3N9O5. The molecule has 4 aromatic rings. The van der Waals surface area contributed by atoms with E-state index in [1.807, 2.05) is 0 Å². The number of amides is 2. The Morgan fingerprint density at radius 3 is 2.60 bits per heavy atom. The van der Waals surface area contributed by atoms with Crippen LogP contribution in [0.5, 0.6) is 5.75 Å². The maximum absolute atomic E-state index is 13.9. The summed E-state index contributed by atoms with van der Waals surface area (Å²) in [5.41, 5.74) is -2.28. The Hall–Kier alpha value is -4.16. The van der Waals surface area contributed by atoms with Crippen LogP contribution in [0.2, 0.25) is 5.15 Å². The van der Waals surface area contributed by atoms with E-state index in [1.165, 1.54) is 15.8 Å². The number of aromatic nitrogens is 7. The summed E-state index contributed by atoms with van der Waals surface area (Å²) in [6.07, 6.45) is -3.82. The standard InChI is InChI=1S/C26H22BrClF3N9O5/c1-11-19(42)17(33-10-32-11)22(44)38-7-5-25(6-8-38)16-18(12(2)45-25)39(24-36-23(27)37-40(24)21(16)43)9-15(41)34-13-3-4-14(26(29,30)31)35-20(13)28/h3-4,10,12,42H,5-9H2,1-2H3,(H,34,41)/t12-/m1/s1. The largest absolute Gasteiger partial charge is 0.504 e. The number of carbonyl (C=O) groups is 2. The Kier molecular flexibility index (Phi) is 7.56. The van der Waals surface area contributed by atoms with Crippen molar-refractivity contribution in [3.05, 3.63) is 67.0 Å². The van der Waals surface area contributed by atoms with Crippen LogP contribution in [-0.2, 0) is 27.9 Å². The lowest BCUT2D eigenvalue weighted by Gasteiger charge is -2.39. The molecule has 6 rings (SSSR count). The zero-order chi connectivity index (χ0) is 32.4. The van der Waals surface area contributed by atoms with E-state index in [4.69, 9.17) is 16.3 Å². The third-order valence-electron chi connectivity index (χ3n) is 7.78. The molecular weight excluding hydrogens is 691 g/mol. The number of halogens is 5. The fourth-order valence-corrected chi connectivity index (χ4v) is 6.26. The second-order valence-corrected chi connectivity index (χ2v) is 11.6. The van der Waals surface area contributed by atoms with Crippen LogP contribution >= 0.6 is 27.5 Å². The third kappa shape index (κ3) is 5.29. The van der Waals surface area contributed by atoms with Gasteiger partial charge in [-0.15, -0.1) is 5.10 Å². The highest BCUT2D eigenvalue weighted by molar-refractivity contribution is 9.10. The number of aromatic hydroxyl groups is 1. The van der Waals surface area contributed by atoms with Gasteiger partial charge in [0.25, 0.3) is 11.5 Å². The lowest BCUT2D eigenvalue weighted by atomic mass is 9.85. The van der Waals surface area contributed by atoms with Gasteiger partial charge in [0, 0.05) is 13.1 Å². The number of pyridine rings is 1. The van der Waals surface area contributed by atoms with Crippen molar-refractivity contribution in [2.24, 2.45) is 0 Å². The molecule has 2 aliphatic rings. The number of anilines is 1. The summed E-state index contributed by atoms with van der Waals surface area (Å²) < 4.78 is 48.0. The maximum atomic E-state index is 13.9. The number of piperidine rings is 1. The van der Waals surface area contributed by atoms with Crippen molar-refractivity contribution >= 4 is 50.8 Å². The Morgan fingerprint density at radius 2 is 1.93 bits per heavy atom. The molecule has 0 unspecified atom stereocenters. The fraction of sp³-hybridized carbons (Fsp3) is 0.385. The number of fused-ring (bicyclic) bond motifs is 3. The van der Waals surface area contributed by atoms with Crippen molar-refractivity contribution < 1.29 is 32.6 Å². The highest BCUT2D eigenvalue weighted by Crippen LogP contribution is 2.48. The number of alkyl halides is 3. The van der Waals surface area contributed by atoms with Gasteiger partial charge < -0.3 is 24.6 Å². The van der Waals surface area contributed by atoms with E-state index in [1.54, 1.807) is 13.8 Å². The van der Waals surface area contributed by atoms with Crippen LogP contribution in [0, 0.1) is 6.92 Å². The van der Waals surface area contributed by atoms with E-state index < -0.39 is 52.6 Å². The van der Waals surface area contributed by atoms with Crippen molar-refractivity contribution in [2.45, 2.75) is 51.1 Å². The average molecular weight is 713 g/mol. The molecule has 4 aromatic heterocycles. The first kappa shape index (κ1) is 30.8. The summed E-state index contributed by atoms with van der Waals surface area (Å²) in [5, 5.41) is 16.4. The van der Waals surface area contributed by atoms with Crippen LogP contribution in [0.25, 0.3) is 5.78 Å². The summed E-state index contributed by atoms with van der Waals surface area (Å²) in [6.45, 7) is 3.14. The summed E-state index contributed by atoms with van der Waals surface area (Å²) in [7, 11) is 0. The molecule has 1 spiro atoms. The summed E-state index contributed by atoms with van der Waals surface area (Å²) >= 11 is 9.10. The van der Waals surface area contributed by atoms with E-state index in [-0.39, 0.29) is 64.8 Å². The van der Waals surface area contributed by atoms with Crippen molar-refractivity contribution in [2.75, 3.05) is 18.4 Å². The fourth-order valence-electron chi connectivity index (χ4n) is 5.74. The molecule has 0 bridgehead atoms. The first-order valence-corrected chi connectivity index (χ1v) is 14.6. The molecule has 6 heterocycles. The van der Waals surface area contributed by atoms with Crippen LogP contribution in [-0.4, -0.2) is 69.0 Å². The van der Waals surface area contributed by atoms with Crippen LogP contribution < -0.4 is 10.9 Å².